The summed E-state index contributed by atoms with van der Waals surface area (Å²) in [5, 5.41) is 16.0. The highest BCUT2D eigenvalue weighted by Gasteiger charge is 2.41. The van der Waals surface area contributed by atoms with Crippen LogP contribution in [0.2, 0.25) is 0 Å². The minimum absolute atomic E-state index is 0.00629. The van der Waals surface area contributed by atoms with Crippen molar-refractivity contribution in [2.45, 2.75) is 30.7 Å². The number of sulfonamides is 1. The van der Waals surface area contributed by atoms with Crippen LogP contribution in [0, 0.1) is 11.6 Å². The maximum atomic E-state index is 13.9. The number of aromatic amines is 2. The number of anilines is 3. The van der Waals surface area contributed by atoms with Crippen molar-refractivity contribution in [3.8, 4) is 0 Å². The molecule has 3 heterocycles. The number of hydrogen-bond donors (Lipinski definition) is 5. The number of fused-ring (bicyclic) bond motifs is 1. The van der Waals surface area contributed by atoms with Gasteiger partial charge in [-0.05, 0) is 50.5 Å². The molecule has 4 aromatic rings. The van der Waals surface area contributed by atoms with E-state index >= 15 is 0 Å². The molecular weight excluding hydrogens is 606 g/mol. The minimum atomic E-state index is -4.32. The summed E-state index contributed by atoms with van der Waals surface area (Å²) in [5.41, 5.74) is 1.66. The Labute approximate surface area is 259 Å². The van der Waals surface area contributed by atoms with Crippen molar-refractivity contribution < 1.29 is 26.8 Å². The van der Waals surface area contributed by atoms with Crippen molar-refractivity contribution in [1.82, 2.24) is 24.4 Å². The number of likely N-dealkylation sites (N-methyl/N-ethyl adjacent to an activating group) is 1. The van der Waals surface area contributed by atoms with Crippen LogP contribution < -0.4 is 16.0 Å². The first kappa shape index (κ1) is 31.8. The molecule has 0 radical (unpaired) electrons. The van der Waals surface area contributed by atoms with Crippen molar-refractivity contribution in [1.29, 1.82) is 0 Å². The largest absolute Gasteiger partial charge is 0.384 e. The first-order valence-electron chi connectivity index (χ1n) is 14.1. The van der Waals surface area contributed by atoms with Crippen LogP contribution in [0.1, 0.15) is 45.8 Å². The number of H-pyrrole nitrogens is 2. The summed E-state index contributed by atoms with van der Waals surface area (Å²) < 4.78 is 55.9. The van der Waals surface area contributed by atoms with E-state index in [2.05, 4.69) is 31.1 Å². The molecule has 2 aromatic heterocycles. The molecule has 0 aliphatic carbocycles. The monoisotopic (exact) mass is 640 g/mol. The van der Waals surface area contributed by atoms with Crippen molar-refractivity contribution in [3.05, 3.63) is 88.9 Å². The van der Waals surface area contributed by atoms with Crippen LogP contribution in [0.25, 0.3) is 0 Å². The predicted octanol–water partition coefficient (Wildman–Crippen LogP) is 3.98. The highest BCUT2D eigenvalue weighted by molar-refractivity contribution is 7.89. The summed E-state index contributed by atoms with van der Waals surface area (Å²) in [4.78, 5) is 30.9. The Morgan fingerprint density at radius 1 is 1.04 bits per heavy atom. The molecule has 1 aliphatic rings. The molecule has 5 rings (SSSR count). The summed E-state index contributed by atoms with van der Waals surface area (Å²) in [7, 11) is -0.423. The number of carbonyl (C=O) groups excluding carboxylic acids is 2. The maximum absolute atomic E-state index is 13.9. The van der Waals surface area contributed by atoms with Gasteiger partial charge in [0.25, 0.3) is 11.8 Å². The van der Waals surface area contributed by atoms with Gasteiger partial charge in [0.05, 0.1) is 21.7 Å². The van der Waals surface area contributed by atoms with Crippen molar-refractivity contribution in [2.24, 2.45) is 0 Å². The molecule has 1 aliphatic heterocycles. The fourth-order valence-corrected chi connectivity index (χ4v) is 6.76. The maximum Gasteiger partial charge on any atom is 0.258 e. The Hall–Kier alpha value is -4.60. The lowest BCUT2D eigenvalue weighted by Gasteiger charge is -2.36. The molecule has 12 nitrogen and oxygen atoms in total. The van der Waals surface area contributed by atoms with E-state index in [0.717, 1.165) is 23.0 Å². The summed E-state index contributed by atoms with van der Waals surface area (Å²) in [6.45, 7) is 4.75. The van der Waals surface area contributed by atoms with Crippen LogP contribution >= 0.6 is 0 Å². The van der Waals surface area contributed by atoms with Crippen LogP contribution in [0.15, 0.2) is 59.8 Å². The van der Waals surface area contributed by atoms with Crippen molar-refractivity contribution in [2.75, 3.05) is 49.7 Å². The van der Waals surface area contributed by atoms with Gasteiger partial charge in [-0.2, -0.15) is 9.40 Å². The van der Waals surface area contributed by atoms with E-state index in [9.17, 15) is 26.8 Å². The quantitative estimate of drug-likeness (QED) is 0.176. The number of benzene rings is 2. The van der Waals surface area contributed by atoms with E-state index in [0.29, 0.717) is 35.1 Å². The van der Waals surface area contributed by atoms with E-state index in [1.54, 1.807) is 44.3 Å². The van der Waals surface area contributed by atoms with E-state index < -0.39 is 43.8 Å². The van der Waals surface area contributed by atoms with Gasteiger partial charge in [-0.25, -0.2) is 17.2 Å². The highest BCUT2D eigenvalue weighted by atomic mass is 32.2. The molecule has 0 saturated carbocycles. The zero-order valence-corrected chi connectivity index (χ0v) is 26.0. The van der Waals surface area contributed by atoms with E-state index in [1.807, 2.05) is 19.0 Å². The number of carbonyl (C=O) groups is 2. The summed E-state index contributed by atoms with van der Waals surface area (Å²) in [5.74, 6) is -2.97. The fourth-order valence-electron chi connectivity index (χ4n) is 5.14. The second-order valence-corrected chi connectivity index (χ2v) is 13.6. The third-order valence-corrected chi connectivity index (χ3v) is 9.19. The van der Waals surface area contributed by atoms with Gasteiger partial charge in [0.15, 0.2) is 5.82 Å². The van der Waals surface area contributed by atoms with Gasteiger partial charge in [-0.1, -0.05) is 13.8 Å². The Kier molecular flexibility index (Phi) is 8.78. The second kappa shape index (κ2) is 12.4. The highest BCUT2D eigenvalue weighted by Crippen LogP contribution is 2.38. The van der Waals surface area contributed by atoms with Crippen LogP contribution in [-0.2, 0) is 22.0 Å². The Morgan fingerprint density at radius 2 is 1.78 bits per heavy atom. The Balaban J connectivity index is 1.44. The first-order valence-corrected chi connectivity index (χ1v) is 15.5. The fraction of sp³-hybridized carbons (Fsp3) is 0.300. The lowest BCUT2D eigenvalue weighted by molar-refractivity contribution is 0.102. The van der Waals surface area contributed by atoms with Gasteiger partial charge >= 0.3 is 0 Å². The first-order chi connectivity index (χ1) is 21.2. The van der Waals surface area contributed by atoms with Crippen molar-refractivity contribution >= 4 is 39.0 Å². The molecule has 0 spiro atoms. The summed E-state index contributed by atoms with van der Waals surface area (Å²) in [6, 6.07) is 8.67. The van der Waals surface area contributed by atoms with E-state index in [1.165, 1.54) is 6.20 Å². The molecule has 2 amide bonds. The Morgan fingerprint density at radius 3 is 2.44 bits per heavy atom. The molecule has 15 heteroatoms. The number of aromatic nitrogens is 3. The predicted molar refractivity (Wildman–Crippen MR) is 166 cm³/mol. The number of nitrogens with zero attached hydrogens (tertiary/aromatic N) is 3. The third-order valence-electron chi connectivity index (χ3n) is 7.42. The number of nitrogens with one attached hydrogen (secondary N) is 5. The van der Waals surface area contributed by atoms with Crippen LogP contribution in [0.5, 0.6) is 0 Å². The lowest BCUT2D eigenvalue weighted by atomic mass is 9.84. The number of halogens is 2. The van der Waals surface area contributed by atoms with Crippen LogP contribution in [-0.4, -0.2) is 78.3 Å². The molecule has 0 fully saturated rings. The summed E-state index contributed by atoms with van der Waals surface area (Å²) in [6.07, 6.45) is 3.14. The van der Waals surface area contributed by atoms with E-state index in [-0.39, 0.29) is 30.2 Å². The van der Waals surface area contributed by atoms with Gasteiger partial charge in [0.2, 0.25) is 10.0 Å². The van der Waals surface area contributed by atoms with Gasteiger partial charge in [0, 0.05) is 67.0 Å². The van der Waals surface area contributed by atoms with Gasteiger partial charge in [0.1, 0.15) is 11.6 Å². The zero-order valence-electron chi connectivity index (χ0n) is 25.2. The topological polar surface area (TPSA) is 155 Å². The molecule has 0 unspecified atom stereocenters. The molecule has 0 saturated heterocycles. The van der Waals surface area contributed by atoms with Gasteiger partial charge < -0.3 is 25.8 Å². The molecule has 45 heavy (non-hydrogen) atoms. The third kappa shape index (κ3) is 6.90. The van der Waals surface area contributed by atoms with Crippen LogP contribution in [0.3, 0.4) is 0 Å². The molecule has 0 bridgehead atoms. The van der Waals surface area contributed by atoms with Crippen LogP contribution in [0.4, 0.5) is 26.0 Å². The second-order valence-electron chi connectivity index (χ2n) is 11.7. The van der Waals surface area contributed by atoms with Crippen molar-refractivity contribution in [3.63, 3.8) is 0 Å². The number of rotatable bonds is 10. The molecule has 2 aromatic carbocycles. The number of hydrogen-bond acceptors (Lipinski definition) is 7. The smallest absolute Gasteiger partial charge is 0.258 e. The van der Waals surface area contributed by atoms with Gasteiger partial charge in [-0.3, -0.25) is 14.7 Å². The molecule has 238 valence electrons. The lowest BCUT2D eigenvalue weighted by Crippen LogP contribution is -2.45. The van der Waals surface area contributed by atoms with Gasteiger partial charge in [-0.15, -0.1) is 0 Å². The Bertz CT molecular complexity index is 1820. The van der Waals surface area contributed by atoms with E-state index in [4.69, 9.17) is 0 Å². The number of amides is 2. The molecule has 5 N–H and O–H groups in total. The zero-order chi connectivity index (χ0) is 32.5. The standard InChI is InChI=1S/C30H34F2N8O4S/c1-30(2)17-40(45(43,44)22-12-19(31)11-20(32)13-22)16-24-26(30)37-38-27(24)36-29(42)23-6-5-21(34-9-10-39(3)4)14-25(23)35-28(41)18-7-8-33-15-18/h5-8,11-15,33-34H,9-10,16-17H2,1-4H3,(H,35,41)(H2,36,37,38,42). The normalized spacial score (nSPS) is 14.6. The molecule has 0 atom stereocenters. The summed E-state index contributed by atoms with van der Waals surface area (Å²) >= 11 is 0. The minimum Gasteiger partial charge on any atom is -0.384 e. The average molecular weight is 641 g/mol. The average Bonchev–Trinajstić information content (AvgIpc) is 3.63. The molecular formula is C30H34F2N8O4S. The SMILES string of the molecule is CN(C)CCNc1ccc(C(=O)Nc2n[nH]c3c2CN(S(=O)(=O)c2cc(F)cc(F)c2)CC3(C)C)c(NC(=O)c2cc[nH]c2)c1.